The molecule has 4 aromatic rings. The van der Waals surface area contributed by atoms with Crippen molar-refractivity contribution < 1.29 is 9.72 Å². The predicted molar refractivity (Wildman–Crippen MR) is 100 cm³/mol. The smallest absolute Gasteiger partial charge is 0.269 e. The van der Waals surface area contributed by atoms with Gasteiger partial charge in [0.05, 0.1) is 21.5 Å². The fraction of sp³-hybridized carbons (Fsp3) is 0. The van der Waals surface area contributed by atoms with Crippen molar-refractivity contribution in [3.63, 3.8) is 0 Å². The van der Waals surface area contributed by atoms with Crippen LogP contribution in [-0.4, -0.2) is 15.8 Å². The van der Waals surface area contributed by atoms with Crippen molar-refractivity contribution in [1.82, 2.24) is 4.98 Å². The summed E-state index contributed by atoms with van der Waals surface area (Å²) in [6.07, 6.45) is 0. The van der Waals surface area contributed by atoms with Crippen LogP contribution in [0.3, 0.4) is 0 Å². The van der Waals surface area contributed by atoms with E-state index in [1.54, 1.807) is 0 Å². The molecule has 126 valence electrons. The number of non-ortho nitro benzene ring substituents is 1. The molecular formula is C20H13N3O3. The number of nitro benzene ring substituents is 1. The number of fused-ring (bicyclic) bond motifs is 2. The molecule has 3 aromatic carbocycles. The van der Waals surface area contributed by atoms with Crippen LogP contribution in [0.5, 0.6) is 0 Å². The Hall–Kier alpha value is -3.80. The number of nitrogens with zero attached hydrogens (tertiary/aromatic N) is 2. The van der Waals surface area contributed by atoms with E-state index in [4.69, 9.17) is 0 Å². The monoisotopic (exact) mass is 343 g/mol. The molecule has 0 radical (unpaired) electrons. The molecule has 1 N–H and O–H groups in total. The standard InChI is InChI=1S/C20H13N3O3/c24-20(21-13-9-11-14(12-10-13)23(25)26)19-15-5-1-3-7-17(15)22-18-8-4-2-6-16(18)19/h1-12H,(H,21,24). The number of nitro groups is 1. The first-order chi connectivity index (χ1) is 12.6. The van der Waals surface area contributed by atoms with Crippen molar-refractivity contribution in [2.45, 2.75) is 0 Å². The Morgan fingerprint density at radius 3 is 1.92 bits per heavy atom. The minimum absolute atomic E-state index is 0.0252. The molecule has 0 unspecified atom stereocenters. The Labute approximate surface area is 148 Å². The molecule has 1 heterocycles. The third-order valence-electron chi connectivity index (χ3n) is 4.15. The zero-order valence-electron chi connectivity index (χ0n) is 13.5. The van der Waals surface area contributed by atoms with Gasteiger partial charge in [0.2, 0.25) is 0 Å². The van der Waals surface area contributed by atoms with Crippen molar-refractivity contribution in [3.05, 3.63) is 88.5 Å². The fourth-order valence-corrected chi connectivity index (χ4v) is 2.94. The maximum atomic E-state index is 13.0. The first-order valence-corrected chi connectivity index (χ1v) is 7.97. The van der Waals surface area contributed by atoms with E-state index in [0.29, 0.717) is 11.3 Å². The predicted octanol–water partition coefficient (Wildman–Crippen LogP) is 4.55. The molecule has 0 fully saturated rings. The first-order valence-electron chi connectivity index (χ1n) is 7.97. The maximum absolute atomic E-state index is 13.0. The van der Waals surface area contributed by atoms with Crippen LogP contribution in [0.1, 0.15) is 10.4 Å². The van der Waals surface area contributed by atoms with E-state index < -0.39 is 4.92 Å². The van der Waals surface area contributed by atoms with Gasteiger partial charge in [0.1, 0.15) is 0 Å². The highest BCUT2D eigenvalue weighted by molar-refractivity contribution is 6.20. The molecule has 0 spiro atoms. The SMILES string of the molecule is O=C(Nc1ccc([N+](=O)[O-])cc1)c1c2ccccc2nc2ccccc12. The number of carbonyl (C=O) groups excluding carboxylic acids is 1. The van der Waals surface area contributed by atoms with Crippen LogP contribution < -0.4 is 5.32 Å². The Morgan fingerprint density at radius 1 is 0.846 bits per heavy atom. The Kier molecular flexibility index (Phi) is 3.78. The van der Waals surface area contributed by atoms with Crippen molar-refractivity contribution in [2.24, 2.45) is 0 Å². The summed E-state index contributed by atoms with van der Waals surface area (Å²) in [4.78, 5) is 27.9. The van der Waals surface area contributed by atoms with Gasteiger partial charge < -0.3 is 5.32 Å². The third-order valence-corrected chi connectivity index (χ3v) is 4.15. The Bertz CT molecular complexity index is 1100. The van der Waals surface area contributed by atoms with Crippen LogP contribution in [0.2, 0.25) is 0 Å². The van der Waals surface area contributed by atoms with Crippen molar-refractivity contribution in [3.8, 4) is 0 Å². The molecular weight excluding hydrogens is 330 g/mol. The minimum atomic E-state index is -0.477. The van der Waals surface area contributed by atoms with Gasteiger partial charge in [0.25, 0.3) is 11.6 Å². The summed E-state index contributed by atoms with van der Waals surface area (Å²) in [5, 5.41) is 15.1. The molecule has 4 rings (SSSR count). The zero-order chi connectivity index (χ0) is 18.1. The van der Waals surface area contributed by atoms with E-state index in [2.05, 4.69) is 10.3 Å². The minimum Gasteiger partial charge on any atom is -0.322 e. The van der Waals surface area contributed by atoms with Gasteiger partial charge in [-0.05, 0) is 24.3 Å². The number of nitrogens with one attached hydrogen (secondary N) is 1. The molecule has 0 bridgehead atoms. The van der Waals surface area contributed by atoms with Gasteiger partial charge in [-0.25, -0.2) is 4.98 Å². The average Bonchev–Trinajstić information content (AvgIpc) is 2.66. The molecule has 0 atom stereocenters. The van der Waals surface area contributed by atoms with Crippen LogP contribution in [0, 0.1) is 10.1 Å². The summed E-state index contributed by atoms with van der Waals surface area (Å²) in [7, 11) is 0. The van der Waals surface area contributed by atoms with Gasteiger partial charge in [0, 0.05) is 28.6 Å². The number of benzene rings is 3. The summed E-state index contributed by atoms with van der Waals surface area (Å²) in [5.41, 5.74) is 2.47. The molecule has 0 saturated carbocycles. The topological polar surface area (TPSA) is 85.1 Å². The van der Waals surface area contributed by atoms with Gasteiger partial charge in [-0.15, -0.1) is 0 Å². The van der Waals surface area contributed by atoms with E-state index in [-0.39, 0.29) is 11.6 Å². The van der Waals surface area contributed by atoms with Gasteiger partial charge in [-0.3, -0.25) is 14.9 Å². The number of hydrogen-bond acceptors (Lipinski definition) is 4. The molecule has 6 nitrogen and oxygen atoms in total. The Morgan fingerprint density at radius 2 is 1.38 bits per heavy atom. The van der Waals surface area contributed by atoms with Crippen LogP contribution in [-0.2, 0) is 0 Å². The molecule has 0 aliphatic heterocycles. The second-order valence-electron chi connectivity index (χ2n) is 5.78. The fourth-order valence-electron chi connectivity index (χ4n) is 2.94. The number of rotatable bonds is 3. The molecule has 1 amide bonds. The van der Waals surface area contributed by atoms with Crippen LogP contribution in [0.25, 0.3) is 21.8 Å². The first kappa shape index (κ1) is 15.7. The third kappa shape index (κ3) is 2.73. The number of anilines is 1. The normalized spacial score (nSPS) is 10.8. The maximum Gasteiger partial charge on any atom is 0.269 e. The van der Waals surface area contributed by atoms with Gasteiger partial charge in [-0.1, -0.05) is 36.4 Å². The van der Waals surface area contributed by atoms with Crippen molar-refractivity contribution >= 4 is 39.1 Å². The molecule has 6 heteroatoms. The molecule has 0 saturated heterocycles. The van der Waals surface area contributed by atoms with E-state index in [1.807, 2.05) is 48.5 Å². The van der Waals surface area contributed by atoms with E-state index >= 15 is 0 Å². The van der Waals surface area contributed by atoms with Gasteiger partial charge in [0.15, 0.2) is 0 Å². The quantitative estimate of drug-likeness (QED) is 0.336. The highest BCUT2D eigenvalue weighted by atomic mass is 16.6. The number of hydrogen-bond donors (Lipinski definition) is 1. The van der Waals surface area contributed by atoms with Crippen molar-refractivity contribution in [2.75, 3.05) is 5.32 Å². The number of carbonyl (C=O) groups is 1. The second kappa shape index (κ2) is 6.25. The number of aromatic nitrogens is 1. The summed E-state index contributed by atoms with van der Waals surface area (Å²) >= 11 is 0. The van der Waals surface area contributed by atoms with Gasteiger partial charge >= 0.3 is 0 Å². The molecule has 0 aliphatic carbocycles. The Balaban J connectivity index is 1.81. The average molecular weight is 343 g/mol. The lowest BCUT2D eigenvalue weighted by molar-refractivity contribution is -0.384. The lowest BCUT2D eigenvalue weighted by Crippen LogP contribution is -2.13. The lowest BCUT2D eigenvalue weighted by Gasteiger charge is -2.11. The number of pyridine rings is 1. The summed E-state index contributed by atoms with van der Waals surface area (Å²) in [6.45, 7) is 0. The molecule has 26 heavy (non-hydrogen) atoms. The van der Waals surface area contributed by atoms with E-state index in [1.165, 1.54) is 24.3 Å². The summed E-state index contributed by atoms with van der Waals surface area (Å²) < 4.78 is 0. The second-order valence-corrected chi connectivity index (χ2v) is 5.78. The van der Waals surface area contributed by atoms with Crippen LogP contribution in [0.15, 0.2) is 72.8 Å². The highest BCUT2D eigenvalue weighted by Crippen LogP contribution is 2.27. The summed E-state index contributed by atoms with van der Waals surface area (Å²) in [5.74, 6) is -0.284. The highest BCUT2D eigenvalue weighted by Gasteiger charge is 2.16. The summed E-state index contributed by atoms with van der Waals surface area (Å²) in [6, 6.07) is 20.7. The lowest BCUT2D eigenvalue weighted by atomic mass is 10.0. The number of amides is 1. The zero-order valence-corrected chi connectivity index (χ0v) is 13.5. The van der Waals surface area contributed by atoms with E-state index in [9.17, 15) is 14.9 Å². The largest absolute Gasteiger partial charge is 0.322 e. The van der Waals surface area contributed by atoms with Crippen LogP contribution >= 0.6 is 0 Å². The van der Waals surface area contributed by atoms with Crippen molar-refractivity contribution in [1.29, 1.82) is 0 Å². The molecule has 1 aromatic heterocycles. The van der Waals surface area contributed by atoms with Crippen LogP contribution in [0.4, 0.5) is 11.4 Å². The van der Waals surface area contributed by atoms with E-state index in [0.717, 1.165) is 21.8 Å². The van der Waals surface area contributed by atoms with Gasteiger partial charge in [-0.2, -0.15) is 0 Å². The molecule has 0 aliphatic rings. The number of para-hydroxylation sites is 2.